The largest absolute Gasteiger partial charge is 0.218 e. The molecule has 2 nitrogen and oxygen atoms in total. The summed E-state index contributed by atoms with van der Waals surface area (Å²) in [6.45, 7) is 3.90. The molecule has 0 unspecified atom stereocenters. The van der Waals surface area contributed by atoms with Gasteiger partial charge in [0.25, 0.3) is 0 Å². The lowest BCUT2D eigenvalue weighted by molar-refractivity contribution is 0.597. The Hall–Kier alpha value is -1.97. The molecule has 2 aromatic heterocycles. The molecule has 0 aliphatic carbocycles. The van der Waals surface area contributed by atoms with Crippen LogP contribution in [0, 0.1) is 13.8 Å². The van der Waals surface area contributed by atoms with Gasteiger partial charge in [0.1, 0.15) is 0 Å². The van der Waals surface area contributed by atoms with E-state index in [9.17, 15) is 0 Å². The van der Waals surface area contributed by atoms with Crippen LogP contribution in [0.2, 0.25) is 10.0 Å². The van der Waals surface area contributed by atoms with Gasteiger partial charge in [-0.25, -0.2) is 8.42 Å². The topological polar surface area (TPSA) is 34.1 Å². The minimum absolute atomic E-state index is 0.299. The molecule has 0 aliphatic heterocycles. The maximum atomic E-state index is 15.0. The Balaban J connectivity index is 1.75. The van der Waals surface area contributed by atoms with E-state index in [1.807, 2.05) is 74.9 Å². The van der Waals surface area contributed by atoms with Crippen molar-refractivity contribution in [2.24, 2.45) is 0 Å². The summed E-state index contributed by atoms with van der Waals surface area (Å²) in [6.07, 6.45) is 4.03. The predicted molar refractivity (Wildman–Crippen MR) is 183 cm³/mol. The van der Waals surface area contributed by atoms with Crippen molar-refractivity contribution in [3.8, 4) is 22.3 Å². The number of benzene rings is 4. The highest BCUT2D eigenvalue weighted by atomic mass is 35.5. The molecule has 208 valence electrons. The van der Waals surface area contributed by atoms with Gasteiger partial charge < -0.3 is 0 Å². The third-order valence-electron chi connectivity index (χ3n) is 6.97. The lowest BCUT2D eigenvalue weighted by Crippen LogP contribution is -2.05. The van der Waals surface area contributed by atoms with E-state index in [1.54, 1.807) is 58.3 Å². The number of aryl methyl sites for hydroxylation is 2. The van der Waals surface area contributed by atoms with E-state index in [0.29, 0.717) is 30.6 Å². The van der Waals surface area contributed by atoms with Crippen LogP contribution >= 0.6 is 69.4 Å². The Kier molecular flexibility index (Phi) is 8.00. The molecular formula is C32H24Cl2O2S5. The maximum Gasteiger partial charge on any atom is 0.207 e. The third kappa shape index (κ3) is 4.93. The molecule has 4 aromatic carbocycles. The zero-order valence-electron chi connectivity index (χ0n) is 22.5. The summed E-state index contributed by atoms with van der Waals surface area (Å²) >= 11 is 19.9. The number of fused-ring (bicyclic) bond motifs is 2. The van der Waals surface area contributed by atoms with Crippen LogP contribution in [-0.4, -0.2) is 20.9 Å². The van der Waals surface area contributed by atoms with E-state index in [2.05, 4.69) is 12.1 Å². The van der Waals surface area contributed by atoms with Gasteiger partial charge >= 0.3 is 0 Å². The van der Waals surface area contributed by atoms with Gasteiger partial charge in [-0.1, -0.05) is 59.6 Å². The van der Waals surface area contributed by atoms with E-state index in [4.69, 9.17) is 23.2 Å². The van der Waals surface area contributed by atoms with E-state index in [-0.39, 0.29) is 0 Å². The third-order valence-corrected chi connectivity index (χ3v) is 13.9. The van der Waals surface area contributed by atoms with Crippen molar-refractivity contribution in [2.45, 2.75) is 32.1 Å². The second-order valence-corrected chi connectivity index (χ2v) is 16.6. The van der Waals surface area contributed by atoms with Crippen LogP contribution in [0.1, 0.15) is 11.1 Å². The highest BCUT2D eigenvalue weighted by Crippen LogP contribution is 2.52. The van der Waals surface area contributed by atoms with E-state index >= 15 is 8.42 Å². The standard InChI is InChI=1S/C32H24Cl2O2S5/c1-17-13-23-29(27(31(37-3)39-23)19-9-5-7-11-21(19)33)25(15-17)41(35,36)26-16-18(2)14-24-30(26)28(32(38-4)40-24)20-10-6-8-12-22(20)34/h5-16H,1-4H3. The van der Waals surface area contributed by atoms with Crippen LogP contribution in [0.15, 0.2) is 91.0 Å². The fourth-order valence-corrected chi connectivity index (χ4v) is 11.9. The van der Waals surface area contributed by atoms with Crippen molar-refractivity contribution < 1.29 is 8.42 Å². The molecule has 0 spiro atoms. The molecule has 9 heteroatoms. The summed E-state index contributed by atoms with van der Waals surface area (Å²) in [5.74, 6) is 0. The Morgan fingerprint density at radius 2 is 1.02 bits per heavy atom. The SMILES string of the molecule is CSc1sc2cc(C)cc(S(=O)(=O)c3cc(C)cc4sc(SC)c(-c5ccccc5Cl)c34)c2c1-c1ccccc1Cl. The molecule has 6 rings (SSSR count). The lowest BCUT2D eigenvalue weighted by Gasteiger charge is -2.14. The fourth-order valence-electron chi connectivity index (χ4n) is 5.25. The molecule has 0 saturated carbocycles. The summed E-state index contributed by atoms with van der Waals surface area (Å²) in [7, 11) is -4.00. The first-order chi connectivity index (χ1) is 19.6. The molecule has 6 aromatic rings. The lowest BCUT2D eigenvalue weighted by atomic mass is 10.0. The predicted octanol–water partition coefficient (Wildman–Crippen LogP) is 11.7. The Labute approximate surface area is 266 Å². The molecule has 0 bridgehead atoms. The Morgan fingerprint density at radius 3 is 1.39 bits per heavy atom. The summed E-state index contributed by atoms with van der Waals surface area (Å²) in [4.78, 5) is 0.598. The summed E-state index contributed by atoms with van der Waals surface area (Å²) < 4.78 is 34.0. The number of halogens is 2. The van der Waals surface area contributed by atoms with Crippen LogP contribution in [-0.2, 0) is 9.84 Å². The van der Waals surface area contributed by atoms with Gasteiger partial charge in [0.15, 0.2) is 0 Å². The molecule has 0 atom stereocenters. The second-order valence-electron chi connectivity index (χ2n) is 9.67. The number of hydrogen-bond donors (Lipinski definition) is 0. The fraction of sp³-hybridized carbons (Fsp3) is 0.125. The van der Waals surface area contributed by atoms with Crippen molar-refractivity contribution in [1.82, 2.24) is 0 Å². The van der Waals surface area contributed by atoms with Gasteiger partial charge in [0.2, 0.25) is 9.84 Å². The number of thiophene rings is 2. The van der Waals surface area contributed by atoms with Crippen molar-refractivity contribution >= 4 is 99.4 Å². The van der Waals surface area contributed by atoms with Crippen LogP contribution in [0.25, 0.3) is 42.4 Å². The van der Waals surface area contributed by atoms with E-state index < -0.39 is 9.84 Å². The number of hydrogen-bond acceptors (Lipinski definition) is 6. The maximum absolute atomic E-state index is 15.0. The molecule has 0 fully saturated rings. The molecular weight excluding hydrogens is 648 g/mol. The molecule has 0 radical (unpaired) electrons. The monoisotopic (exact) mass is 670 g/mol. The van der Waals surface area contributed by atoms with Crippen LogP contribution < -0.4 is 0 Å². The van der Waals surface area contributed by atoms with Crippen molar-refractivity contribution in [1.29, 1.82) is 0 Å². The first-order valence-electron chi connectivity index (χ1n) is 12.6. The van der Waals surface area contributed by atoms with Gasteiger partial charge in [0.05, 0.1) is 18.2 Å². The van der Waals surface area contributed by atoms with Crippen LogP contribution in [0.4, 0.5) is 0 Å². The van der Waals surface area contributed by atoms with Gasteiger partial charge in [-0.3, -0.25) is 0 Å². The first kappa shape index (κ1) is 29.1. The number of sulfone groups is 1. The average molecular weight is 672 g/mol. The Bertz CT molecular complexity index is 1950. The normalized spacial score (nSPS) is 12.0. The zero-order valence-corrected chi connectivity index (χ0v) is 28.1. The minimum Gasteiger partial charge on any atom is -0.218 e. The van der Waals surface area contributed by atoms with Crippen LogP contribution in [0.5, 0.6) is 0 Å². The average Bonchev–Trinajstić information content (AvgIpc) is 3.50. The number of rotatable bonds is 6. The van der Waals surface area contributed by atoms with E-state index in [0.717, 1.165) is 51.2 Å². The smallest absolute Gasteiger partial charge is 0.207 e. The quantitative estimate of drug-likeness (QED) is 0.165. The van der Waals surface area contributed by atoms with Gasteiger partial charge in [-0.15, -0.1) is 46.2 Å². The number of thioether (sulfide) groups is 2. The molecule has 0 N–H and O–H groups in total. The van der Waals surface area contributed by atoms with Gasteiger partial charge in [-0.05, 0) is 73.9 Å². The van der Waals surface area contributed by atoms with Crippen molar-refractivity contribution in [3.63, 3.8) is 0 Å². The van der Waals surface area contributed by atoms with Crippen molar-refractivity contribution in [2.75, 3.05) is 12.5 Å². The molecule has 2 heterocycles. The van der Waals surface area contributed by atoms with Gasteiger partial charge in [0, 0.05) is 52.5 Å². The van der Waals surface area contributed by atoms with Crippen molar-refractivity contribution in [3.05, 3.63) is 94.0 Å². The second kappa shape index (κ2) is 11.3. The summed E-state index contributed by atoms with van der Waals surface area (Å²) in [5.41, 5.74) is 5.17. The molecule has 0 saturated heterocycles. The van der Waals surface area contributed by atoms with Crippen LogP contribution in [0.3, 0.4) is 0 Å². The Morgan fingerprint density at radius 1 is 0.634 bits per heavy atom. The molecule has 41 heavy (non-hydrogen) atoms. The molecule has 0 aliphatic rings. The zero-order chi connectivity index (χ0) is 29.1. The summed E-state index contributed by atoms with van der Waals surface area (Å²) in [6, 6.07) is 23.0. The summed E-state index contributed by atoms with van der Waals surface area (Å²) in [5, 5.41) is 2.61. The molecule has 0 amide bonds. The highest BCUT2D eigenvalue weighted by molar-refractivity contribution is 8.01. The minimum atomic E-state index is -4.00. The highest BCUT2D eigenvalue weighted by Gasteiger charge is 2.31. The van der Waals surface area contributed by atoms with Gasteiger partial charge in [-0.2, -0.15) is 0 Å². The van der Waals surface area contributed by atoms with E-state index in [1.165, 1.54) is 0 Å². The first-order valence-corrected chi connectivity index (χ1v) is 18.9.